The second kappa shape index (κ2) is 19.9. The molecule has 2 saturated heterocycles. The monoisotopic (exact) mass is 862 g/mol. The van der Waals surface area contributed by atoms with Crippen LogP contribution in [0.4, 0.5) is 17.3 Å². The average molecular weight is 864 g/mol. The third-order valence-corrected chi connectivity index (χ3v) is 11.4. The highest BCUT2D eigenvalue weighted by atomic mass is 35.5. The average Bonchev–Trinajstić information content (AvgIpc) is 3.70. The second-order valence-corrected chi connectivity index (χ2v) is 15.6. The molecule has 7 rings (SSSR count). The van der Waals surface area contributed by atoms with E-state index in [9.17, 15) is 14.4 Å². The summed E-state index contributed by atoms with van der Waals surface area (Å²) in [5.74, 6) is 0.182. The number of imide groups is 1. The lowest BCUT2D eigenvalue weighted by atomic mass is 9.89. The molecule has 60 heavy (non-hydrogen) atoms. The Morgan fingerprint density at radius 2 is 1.75 bits per heavy atom. The van der Waals surface area contributed by atoms with Crippen LogP contribution in [0.25, 0.3) is 22.0 Å². The molecular weight excluding hydrogens is 815 g/mol. The number of halogens is 2. The van der Waals surface area contributed by atoms with Crippen molar-refractivity contribution in [3.8, 4) is 11.3 Å². The van der Waals surface area contributed by atoms with Crippen LogP contribution < -0.4 is 32.1 Å². The Morgan fingerprint density at radius 3 is 2.52 bits per heavy atom. The number of benzene rings is 2. The Morgan fingerprint density at radius 1 is 0.983 bits per heavy atom. The number of nitrogen functional groups attached to an aromatic ring is 1. The molecule has 0 radical (unpaired) electrons. The number of nitrogens with zero attached hydrogens (tertiary/aromatic N) is 8. The van der Waals surface area contributed by atoms with Crippen molar-refractivity contribution < 1.29 is 23.8 Å². The minimum absolute atomic E-state index is 0.0749. The number of fused-ring (bicyclic) bond motifs is 1. The van der Waals surface area contributed by atoms with Crippen molar-refractivity contribution in [2.45, 2.75) is 57.3 Å². The first kappa shape index (κ1) is 42.9. The second-order valence-electron chi connectivity index (χ2n) is 14.9. The van der Waals surface area contributed by atoms with Crippen molar-refractivity contribution in [1.82, 2.24) is 45.4 Å². The molecule has 5 heterocycles. The van der Waals surface area contributed by atoms with Gasteiger partial charge in [0.2, 0.25) is 5.91 Å². The molecule has 0 aliphatic carbocycles. The molecule has 5 N–H and O–H groups in total. The Hall–Kier alpha value is -5.24. The fourth-order valence-electron chi connectivity index (χ4n) is 7.06. The van der Waals surface area contributed by atoms with E-state index in [4.69, 9.17) is 43.1 Å². The third kappa shape index (κ3) is 10.7. The van der Waals surface area contributed by atoms with E-state index in [1.54, 1.807) is 41.3 Å². The van der Waals surface area contributed by atoms with E-state index in [2.05, 4.69) is 53.2 Å². The van der Waals surface area contributed by atoms with Crippen molar-refractivity contribution in [2.75, 3.05) is 75.2 Å². The van der Waals surface area contributed by atoms with Crippen LogP contribution in [0.3, 0.4) is 0 Å². The van der Waals surface area contributed by atoms with Crippen molar-refractivity contribution in [3.63, 3.8) is 0 Å². The maximum Gasteiger partial charge on any atom is 0.275 e. The summed E-state index contributed by atoms with van der Waals surface area (Å²) in [4.78, 5) is 48.1. The van der Waals surface area contributed by atoms with Gasteiger partial charge in [-0.2, -0.15) is 5.10 Å². The quantitative estimate of drug-likeness (QED) is 0.0689. The van der Waals surface area contributed by atoms with Crippen LogP contribution in [0, 0.1) is 0 Å². The predicted octanol–water partition coefficient (Wildman–Crippen LogP) is 3.62. The van der Waals surface area contributed by atoms with E-state index in [-0.39, 0.29) is 29.8 Å². The molecule has 2 aliphatic heterocycles. The summed E-state index contributed by atoms with van der Waals surface area (Å²) in [6, 6.07) is 9.87. The third-order valence-electron chi connectivity index (χ3n) is 10.6. The summed E-state index contributed by atoms with van der Waals surface area (Å²) in [7, 11) is 0. The van der Waals surface area contributed by atoms with Gasteiger partial charge < -0.3 is 35.5 Å². The zero-order valence-electron chi connectivity index (χ0n) is 33.2. The molecule has 0 saturated carbocycles. The van der Waals surface area contributed by atoms with E-state index >= 15 is 0 Å². The van der Waals surface area contributed by atoms with Crippen molar-refractivity contribution in [3.05, 3.63) is 81.1 Å². The zero-order chi connectivity index (χ0) is 42.1. The number of anilines is 3. The molecule has 1 unspecified atom stereocenters. The van der Waals surface area contributed by atoms with Gasteiger partial charge >= 0.3 is 0 Å². The minimum Gasteiger partial charge on any atom is -0.383 e. The molecular formula is C40H48Cl2N12O6. The minimum atomic E-state index is -0.800. The summed E-state index contributed by atoms with van der Waals surface area (Å²) in [6.45, 7) is 8.28. The van der Waals surface area contributed by atoms with E-state index in [0.29, 0.717) is 97.2 Å². The molecule has 0 bridgehead atoms. The van der Waals surface area contributed by atoms with Crippen LogP contribution in [0.15, 0.2) is 59.8 Å². The molecule has 2 aromatic carbocycles. The fraction of sp³-hybridized carbons (Fsp3) is 0.450. The largest absolute Gasteiger partial charge is 0.383 e. The lowest BCUT2D eigenvalue weighted by Gasteiger charge is -2.40. The molecule has 2 fully saturated rings. The number of carbonyl (C=O) groups is 2. The Kier molecular flexibility index (Phi) is 14.2. The summed E-state index contributed by atoms with van der Waals surface area (Å²) in [6.07, 6.45) is 7.43. The Balaban J connectivity index is 0.718. The van der Waals surface area contributed by atoms with Gasteiger partial charge in [-0.05, 0) is 50.5 Å². The first-order chi connectivity index (χ1) is 29.1. The van der Waals surface area contributed by atoms with Gasteiger partial charge in [0.15, 0.2) is 5.82 Å². The van der Waals surface area contributed by atoms with E-state index in [0.717, 1.165) is 47.8 Å². The predicted molar refractivity (Wildman–Crippen MR) is 227 cm³/mol. The number of rotatable bonds is 19. The normalized spacial score (nSPS) is 16.6. The Labute approximate surface area is 356 Å². The van der Waals surface area contributed by atoms with Gasteiger partial charge in [-0.1, -0.05) is 40.5 Å². The lowest BCUT2D eigenvalue weighted by molar-refractivity contribution is -0.136. The number of nitrogens with two attached hydrogens (primary N) is 1. The molecule has 20 heteroatoms. The number of nitrogens with one attached hydrogen (secondary N) is 3. The highest BCUT2D eigenvalue weighted by molar-refractivity contribution is 6.43. The van der Waals surface area contributed by atoms with Crippen molar-refractivity contribution >= 4 is 63.1 Å². The van der Waals surface area contributed by atoms with Gasteiger partial charge in [-0.3, -0.25) is 19.7 Å². The summed E-state index contributed by atoms with van der Waals surface area (Å²) >= 11 is 12.6. The molecule has 3 aromatic heterocycles. The first-order valence-electron chi connectivity index (χ1n) is 19.9. The number of amides is 2. The molecule has 0 spiro atoms. The SMILES string of the molecule is CC1(NCc2cn(CCOCCOCCOCCNc3ccc4c(=O)n(C5CCC(=O)NC5=O)ncc4c3)nn2)CCN(c2cnc(-c3cccc(Cl)c3Cl)c(N)n2)CC1. The smallest absolute Gasteiger partial charge is 0.275 e. The van der Waals surface area contributed by atoms with Gasteiger partial charge in [0.05, 0.1) is 79.7 Å². The number of aromatic nitrogens is 7. The maximum atomic E-state index is 13.0. The summed E-state index contributed by atoms with van der Waals surface area (Å²) < 4.78 is 19.9. The molecule has 2 aliphatic rings. The van der Waals surface area contributed by atoms with Crippen LogP contribution in [0.2, 0.25) is 10.0 Å². The number of ether oxygens (including phenoxy) is 3. The van der Waals surface area contributed by atoms with Crippen molar-refractivity contribution in [2.24, 2.45) is 0 Å². The summed E-state index contributed by atoms with van der Waals surface area (Å²) in [5, 5.41) is 23.9. The van der Waals surface area contributed by atoms with Gasteiger partial charge in [0.1, 0.15) is 17.6 Å². The van der Waals surface area contributed by atoms with Gasteiger partial charge in [0, 0.05) is 61.0 Å². The first-order valence-corrected chi connectivity index (χ1v) is 20.6. The highest BCUT2D eigenvalue weighted by Crippen LogP contribution is 2.35. The Bertz CT molecular complexity index is 2350. The van der Waals surface area contributed by atoms with Crippen LogP contribution >= 0.6 is 23.2 Å². The zero-order valence-corrected chi connectivity index (χ0v) is 34.8. The van der Waals surface area contributed by atoms with Gasteiger partial charge in [-0.25, -0.2) is 19.3 Å². The number of carbonyl (C=O) groups excluding carboxylic acids is 2. The van der Waals surface area contributed by atoms with Gasteiger partial charge in [0.25, 0.3) is 11.5 Å². The lowest BCUT2D eigenvalue weighted by Crippen LogP contribution is -2.51. The topological polar surface area (TPSA) is 219 Å². The van der Waals surface area contributed by atoms with Crippen molar-refractivity contribution in [1.29, 1.82) is 0 Å². The van der Waals surface area contributed by atoms with E-state index in [1.165, 1.54) is 0 Å². The maximum absolute atomic E-state index is 13.0. The standard InChI is InChI=1S/C40H48Cl2N12O6/c1-40(9-12-52(13-10-40)33-24-45-36(37(43)48-33)30-3-2-4-31(41)35(30)42)46-23-28-25-53(51-50-28)14-16-59-18-20-60-19-17-58-15-11-44-27-5-6-29-26(21-27)22-47-54(39(29)57)32-7-8-34(55)49-38(32)56/h2-6,21-22,24-25,32,44,46H,7-20,23H2,1H3,(H2,43,48)(H,49,55,56). The van der Waals surface area contributed by atoms with Crippen LogP contribution in [0.5, 0.6) is 0 Å². The fourth-order valence-corrected chi connectivity index (χ4v) is 7.45. The highest BCUT2D eigenvalue weighted by Gasteiger charge is 2.32. The number of hydrogen-bond donors (Lipinski definition) is 4. The number of hydrogen-bond acceptors (Lipinski definition) is 15. The molecule has 318 valence electrons. The molecule has 2 amide bonds. The number of piperidine rings is 2. The summed E-state index contributed by atoms with van der Waals surface area (Å²) in [5.41, 5.74) is 8.69. The molecule has 18 nitrogen and oxygen atoms in total. The van der Waals surface area contributed by atoms with Crippen LogP contribution in [-0.4, -0.2) is 111 Å². The van der Waals surface area contributed by atoms with Gasteiger partial charge in [-0.15, -0.1) is 5.10 Å². The van der Waals surface area contributed by atoms with E-state index < -0.39 is 11.9 Å². The van der Waals surface area contributed by atoms with Crippen LogP contribution in [0.1, 0.15) is 44.3 Å². The van der Waals surface area contributed by atoms with Crippen LogP contribution in [-0.2, 0) is 36.9 Å². The molecule has 5 aromatic rings. The molecule has 1 atom stereocenters. The van der Waals surface area contributed by atoms with E-state index in [1.807, 2.05) is 18.3 Å².